The minimum atomic E-state index is -0.484. The van der Waals surface area contributed by atoms with E-state index in [0.29, 0.717) is 18.0 Å². The highest BCUT2D eigenvalue weighted by Crippen LogP contribution is 2.36. The lowest BCUT2D eigenvalue weighted by molar-refractivity contribution is 0.0527. The van der Waals surface area contributed by atoms with Crippen LogP contribution in [-0.4, -0.2) is 30.2 Å². The van der Waals surface area contributed by atoms with E-state index in [9.17, 15) is 9.59 Å². The lowest BCUT2D eigenvalue weighted by atomic mass is 9.90. The fourth-order valence-electron chi connectivity index (χ4n) is 3.99. The Morgan fingerprint density at radius 3 is 2.39 bits per heavy atom. The molecule has 0 spiro atoms. The number of hydrogen-bond acceptors (Lipinski definition) is 3. The summed E-state index contributed by atoms with van der Waals surface area (Å²) < 4.78 is 5.22. The quantitative estimate of drug-likeness (QED) is 0.368. The Hall–Kier alpha value is -2.56. The second kappa shape index (κ2) is 12.6. The van der Waals surface area contributed by atoms with Gasteiger partial charge < -0.3 is 15.4 Å². The van der Waals surface area contributed by atoms with E-state index >= 15 is 0 Å². The van der Waals surface area contributed by atoms with Gasteiger partial charge in [-0.3, -0.25) is 4.79 Å². The predicted molar refractivity (Wildman–Crippen MR) is 136 cm³/mol. The van der Waals surface area contributed by atoms with Crippen molar-refractivity contribution in [2.45, 2.75) is 91.7 Å². The number of unbranched alkanes of at least 4 members (excludes halogenated alkanes) is 2. The zero-order valence-corrected chi connectivity index (χ0v) is 21.3. The summed E-state index contributed by atoms with van der Waals surface area (Å²) in [6.45, 7) is 12.6. The molecular formula is C28H42N2O3. The lowest BCUT2D eigenvalue weighted by Crippen LogP contribution is -2.34. The number of carbonyl (C=O) groups is 2. The van der Waals surface area contributed by atoms with Crippen LogP contribution >= 0.6 is 0 Å². The standard InChI is InChI=1S/C28H42N2O3/c1-7-8-12-22-17-18-25(21(22)3)23-13-15-24(16-14-23)26(31)30-20(2)11-9-10-19-29-27(32)33-28(4,5)6/h13-18,20-21H,7-12,19H2,1-6H3,(H,29,32)(H,30,31)/t20?,21-/m1/s1. The van der Waals surface area contributed by atoms with Crippen molar-refractivity contribution in [3.63, 3.8) is 0 Å². The average molecular weight is 455 g/mol. The van der Waals surface area contributed by atoms with Gasteiger partial charge in [0.25, 0.3) is 5.91 Å². The molecular weight excluding hydrogens is 412 g/mol. The molecule has 1 aromatic rings. The van der Waals surface area contributed by atoms with Crippen molar-refractivity contribution in [1.82, 2.24) is 10.6 Å². The summed E-state index contributed by atoms with van der Waals surface area (Å²) >= 11 is 0. The van der Waals surface area contributed by atoms with E-state index in [1.54, 1.807) is 0 Å². The third kappa shape index (κ3) is 9.07. The molecule has 0 saturated heterocycles. The molecule has 0 saturated carbocycles. The molecule has 182 valence electrons. The van der Waals surface area contributed by atoms with E-state index < -0.39 is 5.60 Å². The molecule has 2 amide bonds. The molecule has 1 unspecified atom stereocenters. The summed E-state index contributed by atoms with van der Waals surface area (Å²) in [6, 6.07) is 8.02. The Morgan fingerprint density at radius 2 is 1.76 bits per heavy atom. The van der Waals surface area contributed by atoms with E-state index in [4.69, 9.17) is 4.74 Å². The Kier molecular flexibility index (Phi) is 10.2. The second-order valence-electron chi connectivity index (χ2n) is 10.1. The van der Waals surface area contributed by atoms with Crippen LogP contribution in [0.5, 0.6) is 0 Å². The van der Waals surface area contributed by atoms with E-state index in [2.05, 4.69) is 48.8 Å². The summed E-state index contributed by atoms with van der Waals surface area (Å²) in [5, 5.41) is 5.85. The lowest BCUT2D eigenvalue weighted by Gasteiger charge is -2.19. The first kappa shape index (κ1) is 26.7. The molecule has 2 atom stereocenters. The molecule has 2 rings (SSSR count). The second-order valence-corrected chi connectivity index (χ2v) is 10.1. The van der Waals surface area contributed by atoms with Crippen LogP contribution < -0.4 is 10.6 Å². The van der Waals surface area contributed by atoms with Crippen LogP contribution in [0.3, 0.4) is 0 Å². The molecule has 5 nitrogen and oxygen atoms in total. The number of benzene rings is 1. The molecule has 1 aliphatic rings. The normalized spacial score (nSPS) is 16.6. The number of allylic oxidation sites excluding steroid dienone is 4. The fraction of sp³-hybridized carbons (Fsp3) is 0.571. The summed E-state index contributed by atoms with van der Waals surface area (Å²) in [4.78, 5) is 24.3. The van der Waals surface area contributed by atoms with E-state index in [0.717, 1.165) is 25.7 Å². The van der Waals surface area contributed by atoms with Gasteiger partial charge in [-0.1, -0.05) is 50.1 Å². The van der Waals surface area contributed by atoms with Gasteiger partial charge in [0.05, 0.1) is 0 Å². The number of ether oxygens (including phenoxy) is 1. The third-order valence-electron chi connectivity index (χ3n) is 5.91. The Bertz CT molecular complexity index is 847. The van der Waals surface area contributed by atoms with Crippen LogP contribution in [0.1, 0.15) is 96.0 Å². The molecule has 0 heterocycles. The van der Waals surface area contributed by atoms with Gasteiger partial charge in [-0.25, -0.2) is 4.79 Å². The Morgan fingerprint density at radius 1 is 1.06 bits per heavy atom. The average Bonchev–Trinajstić information content (AvgIpc) is 3.11. The van der Waals surface area contributed by atoms with Gasteiger partial charge in [0.2, 0.25) is 0 Å². The van der Waals surface area contributed by atoms with Crippen molar-refractivity contribution in [3.8, 4) is 0 Å². The van der Waals surface area contributed by atoms with Crippen LogP contribution in [0.4, 0.5) is 4.79 Å². The molecule has 0 radical (unpaired) electrons. The molecule has 0 bridgehead atoms. The number of carbonyl (C=O) groups excluding carboxylic acids is 2. The van der Waals surface area contributed by atoms with Crippen molar-refractivity contribution >= 4 is 17.6 Å². The van der Waals surface area contributed by atoms with Crippen LogP contribution in [0.15, 0.2) is 42.0 Å². The van der Waals surface area contributed by atoms with Crippen molar-refractivity contribution in [2.24, 2.45) is 5.92 Å². The number of hydrogen-bond donors (Lipinski definition) is 2. The van der Waals surface area contributed by atoms with Crippen LogP contribution in [0.2, 0.25) is 0 Å². The van der Waals surface area contributed by atoms with Crippen LogP contribution in [-0.2, 0) is 4.74 Å². The first-order chi connectivity index (χ1) is 15.6. The topological polar surface area (TPSA) is 67.4 Å². The molecule has 5 heteroatoms. The third-order valence-corrected chi connectivity index (χ3v) is 5.91. The first-order valence-electron chi connectivity index (χ1n) is 12.4. The van der Waals surface area contributed by atoms with Gasteiger partial charge in [0.1, 0.15) is 5.60 Å². The van der Waals surface area contributed by atoms with Crippen LogP contribution in [0.25, 0.3) is 5.57 Å². The molecule has 1 aromatic carbocycles. The maximum atomic E-state index is 12.6. The Labute approximate surface area is 200 Å². The largest absolute Gasteiger partial charge is 0.444 e. The van der Waals surface area contributed by atoms with Crippen molar-refractivity contribution in [2.75, 3.05) is 6.54 Å². The van der Waals surface area contributed by atoms with E-state index in [1.807, 2.05) is 39.8 Å². The minimum absolute atomic E-state index is 0.0452. The summed E-state index contributed by atoms with van der Waals surface area (Å²) in [6.07, 6.45) is 10.3. The predicted octanol–water partition coefficient (Wildman–Crippen LogP) is 6.65. The highest BCUT2D eigenvalue weighted by Gasteiger charge is 2.20. The van der Waals surface area contributed by atoms with E-state index in [-0.39, 0.29) is 18.0 Å². The number of alkyl carbamates (subject to hydrolysis) is 1. The zero-order chi connectivity index (χ0) is 24.4. The van der Waals surface area contributed by atoms with Gasteiger partial charge in [-0.2, -0.15) is 0 Å². The van der Waals surface area contributed by atoms with E-state index in [1.165, 1.54) is 29.6 Å². The fourth-order valence-corrected chi connectivity index (χ4v) is 3.99. The van der Waals surface area contributed by atoms with Gasteiger partial charge >= 0.3 is 6.09 Å². The summed E-state index contributed by atoms with van der Waals surface area (Å²) in [5.41, 5.74) is 4.22. The van der Waals surface area contributed by atoms with Crippen molar-refractivity contribution in [3.05, 3.63) is 53.1 Å². The maximum Gasteiger partial charge on any atom is 0.407 e. The number of rotatable bonds is 11. The highest BCUT2D eigenvalue weighted by molar-refractivity contribution is 5.94. The molecule has 2 N–H and O–H groups in total. The maximum absolute atomic E-state index is 12.6. The highest BCUT2D eigenvalue weighted by atomic mass is 16.6. The van der Waals surface area contributed by atoms with Gasteiger partial charge in [0.15, 0.2) is 0 Å². The summed E-state index contributed by atoms with van der Waals surface area (Å²) in [5.74, 6) is 0.400. The molecule has 0 aliphatic heterocycles. The first-order valence-corrected chi connectivity index (χ1v) is 12.4. The summed E-state index contributed by atoms with van der Waals surface area (Å²) in [7, 11) is 0. The molecule has 0 fully saturated rings. The van der Waals surface area contributed by atoms with Crippen molar-refractivity contribution in [1.29, 1.82) is 0 Å². The van der Waals surface area contributed by atoms with Gasteiger partial charge in [-0.15, -0.1) is 0 Å². The molecule has 1 aliphatic carbocycles. The monoisotopic (exact) mass is 454 g/mol. The molecule has 33 heavy (non-hydrogen) atoms. The Balaban J connectivity index is 1.72. The van der Waals surface area contributed by atoms with Gasteiger partial charge in [-0.05, 0) is 83.1 Å². The smallest absolute Gasteiger partial charge is 0.407 e. The zero-order valence-electron chi connectivity index (χ0n) is 21.3. The number of nitrogens with one attached hydrogen (secondary N) is 2. The minimum Gasteiger partial charge on any atom is -0.444 e. The SMILES string of the molecule is CCCCC1=CC=C(c2ccc(C(=O)NC(C)CCCCNC(=O)OC(C)(C)C)cc2)[C@@H]1C. The molecule has 0 aromatic heterocycles. The van der Waals surface area contributed by atoms with Gasteiger partial charge in [0, 0.05) is 24.1 Å². The van der Waals surface area contributed by atoms with Crippen LogP contribution in [0, 0.1) is 5.92 Å². The van der Waals surface area contributed by atoms with Crippen molar-refractivity contribution < 1.29 is 14.3 Å². The number of amides is 2.